The highest BCUT2D eigenvalue weighted by Crippen LogP contribution is 2.32. The van der Waals surface area contributed by atoms with E-state index >= 15 is 0 Å². The van der Waals surface area contributed by atoms with Crippen LogP contribution in [0.1, 0.15) is 24.8 Å². The van der Waals surface area contributed by atoms with E-state index in [9.17, 15) is 0 Å². The average Bonchev–Trinajstić information content (AvgIpc) is 3.04. The van der Waals surface area contributed by atoms with E-state index in [2.05, 4.69) is 4.98 Å². The number of aromatic nitrogens is 1. The Balaban J connectivity index is 1.97. The predicted octanol–water partition coefficient (Wildman–Crippen LogP) is 1.71. The van der Waals surface area contributed by atoms with E-state index in [4.69, 9.17) is 15.7 Å². The van der Waals surface area contributed by atoms with Crippen LogP contribution in [0, 0.1) is 17.2 Å². The lowest BCUT2D eigenvalue weighted by atomic mass is 10.2. The number of rotatable bonds is 4. The molecule has 0 amide bonds. The minimum Gasteiger partial charge on any atom is -0.476 e. The highest BCUT2D eigenvalue weighted by molar-refractivity contribution is 5.59. The third-order valence-corrected chi connectivity index (χ3v) is 2.54. The Kier molecular flexibility index (Phi) is 2.72. The van der Waals surface area contributed by atoms with Crippen molar-refractivity contribution in [2.45, 2.75) is 19.3 Å². The molecule has 1 saturated carbocycles. The lowest BCUT2D eigenvalue weighted by molar-refractivity contribution is 0.293. The number of pyridine rings is 1. The predicted molar refractivity (Wildman–Crippen MR) is 56.2 cm³/mol. The van der Waals surface area contributed by atoms with Crippen molar-refractivity contribution < 1.29 is 4.74 Å². The standard InChI is InChI=1S/C11H13N3O/c12-7-9-3-5-14-11(10(9)13)15-6-4-8-1-2-8/h3,5,8H,1-2,4,6,13H2. The highest BCUT2D eigenvalue weighted by Gasteiger charge is 2.21. The maximum atomic E-state index is 8.75. The third-order valence-electron chi connectivity index (χ3n) is 2.54. The van der Waals surface area contributed by atoms with E-state index < -0.39 is 0 Å². The summed E-state index contributed by atoms with van der Waals surface area (Å²) < 4.78 is 5.44. The fourth-order valence-corrected chi connectivity index (χ4v) is 1.40. The molecule has 0 atom stereocenters. The Bertz CT molecular complexity index is 393. The zero-order valence-corrected chi connectivity index (χ0v) is 8.44. The van der Waals surface area contributed by atoms with Gasteiger partial charge in [-0.3, -0.25) is 0 Å². The maximum Gasteiger partial charge on any atom is 0.238 e. The van der Waals surface area contributed by atoms with Crippen molar-refractivity contribution in [3.63, 3.8) is 0 Å². The van der Waals surface area contributed by atoms with Gasteiger partial charge in [-0.25, -0.2) is 4.98 Å². The number of nitrogens with two attached hydrogens (primary N) is 1. The van der Waals surface area contributed by atoms with E-state index in [0.717, 1.165) is 12.3 Å². The Hall–Kier alpha value is -1.76. The van der Waals surface area contributed by atoms with Crippen LogP contribution in [0.4, 0.5) is 5.69 Å². The number of hydrogen-bond donors (Lipinski definition) is 1. The number of nitrogen functional groups attached to an aromatic ring is 1. The fraction of sp³-hybridized carbons (Fsp3) is 0.455. The molecule has 4 heteroatoms. The minimum absolute atomic E-state index is 0.343. The van der Waals surface area contributed by atoms with E-state index in [0.29, 0.717) is 23.7 Å². The van der Waals surface area contributed by atoms with Gasteiger partial charge in [-0.2, -0.15) is 5.26 Å². The summed E-state index contributed by atoms with van der Waals surface area (Å²) in [7, 11) is 0. The summed E-state index contributed by atoms with van der Waals surface area (Å²) in [6.45, 7) is 0.636. The first-order chi connectivity index (χ1) is 7.31. The third kappa shape index (κ3) is 2.38. The largest absolute Gasteiger partial charge is 0.476 e. The molecule has 1 aromatic heterocycles. The van der Waals surface area contributed by atoms with Crippen LogP contribution in [0.25, 0.3) is 0 Å². The van der Waals surface area contributed by atoms with Crippen LogP contribution in [0.15, 0.2) is 12.3 Å². The molecule has 1 aliphatic carbocycles. The fourth-order valence-electron chi connectivity index (χ4n) is 1.40. The summed E-state index contributed by atoms with van der Waals surface area (Å²) in [6.07, 6.45) is 5.22. The molecule has 2 N–H and O–H groups in total. The molecule has 78 valence electrons. The van der Waals surface area contributed by atoms with Gasteiger partial charge in [0.1, 0.15) is 11.8 Å². The second kappa shape index (κ2) is 4.18. The van der Waals surface area contributed by atoms with Crippen LogP contribution in [0.5, 0.6) is 5.88 Å². The average molecular weight is 203 g/mol. The van der Waals surface area contributed by atoms with Crippen LogP contribution in [0.2, 0.25) is 0 Å². The van der Waals surface area contributed by atoms with Gasteiger partial charge in [0.25, 0.3) is 0 Å². The molecule has 0 aliphatic heterocycles. The molecule has 0 radical (unpaired) electrons. The number of anilines is 1. The van der Waals surface area contributed by atoms with Crippen LogP contribution in [0.3, 0.4) is 0 Å². The summed E-state index contributed by atoms with van der Waals surface area (Å²) in [6, 6.07) is 3.59. The summed E-state index contributed by atoms with van der Waals surface area (Å²) in [5.41, 5.74) is 6.48. The zero-order valence-electron chi connectivity index (χ0n) is 8.44. The monoisotopic (exact) mass is 203 g/mol. The molecule has 0 spiro atoms. The number of nitriles is 1. The van der Waals surface area contributed by atoms with Crippen molar-refractivity contribution in [2.75, 3.05) is 12.3 Å². The van der Waals surface area contributed by atoms with Crippen molar-refractivity contribution >= 4 is 5.69 Å². The zero-order chi connectivity index (χ0) is 10.7. The lowest BCUT2D eigenvalue weighted by Crippen LogP contribution is -2.04. The molecule has 2 rings (SSSR count). The van der Waals surface area contributed by atoms with Gasteiger partial charge in [0.15, 0.2) is 0 Å². The number of ether oxygens (including phenoxy) is 1. The molecule has 1 fully saturated rings. The van der Waals surface area contributed by atoms with Gasteiger partial charge in [0.05, 0.1) is 12.2 Å². The molecule has 1 heterocycles. The highest BCUT2D eigenvalue weighted by atomic mass is 16.5. The van der Waals surface area contributed by atoms with Crippen molar-refractivity contribution in [3.05, 3.63) is 17.8 Å². The quantitative estimate of drug-likeness (QED) is 0.808. The second-order valence-electron chi connectivity index (χ2n) is 3.77. The maximum absolute atomic E-state index is 8.75. The first-order valence-corrected chi connectivity index (χ1v) is 5.08. The Morgan fingerprint density at radius 1 is 1.60 bits per heavy atom. The van der Waals surface area contributed by atoms with Gasteiger partial charge < -0.3 is 10.5 Å². The van der Waals surface area contributed by atoms with Crippen LogP contribution in [-0.2, 0) is 0 Å². The molecule has 0 aromatic carbocycles. The molecule has 15 heavy (non-hydrogen) atoms. The normalized spacial score (nSPS) is 14.6. The van der Waals surface area contributed by atoms with Crippen LogP contribution < -0.4 is 10.5 Å². The van der Waals surface area contributed by atoms with Gasteiger partial charge in [-0.15, -0.1) is 0 Å². The lowest BCUT2D eigenvalue weighted by Gasteiger charge is -2.07. The van der Waals surface area contributed by atoms with Crippen LogP contribution in [-0.4, -0.2) is 11.6 Å². The molecule has 0 unspecified atom stereocenters. The first kappa shape index (κ1) is 9.78. The summed E-state index contributed by atoms with van der Waals surface area (Å²) in [5, 5.41) is 8.75. The second-order valence-corrected chi connectivity index (χ2v) is 3.77. The van der Waals surface area contributed by atoms with Crippen LogP contribution >= 0.6 is 0 Å². The smallest absolute Gasteiger partial charge is 0.238 e. The van der Waals surface area contributed by atoms with Crippen molar-refractivity contribution in [1.82, 2.24) is 4.98 Å². The first-order valence-electron chi connectivity index (χ1n) is 5.08. The molecule has 4 nitrogen and oxygen atoms in total. The summed E-state index contributed by atoms with van der Waals surface area (Å²) in [5.74, 6) is 1.21. The van der Waals surface area contributed by atoms with Crippen molar-refractivity contribution in [3.8, 4) is 11.9 Å². The minimum atomic E-state index is 0.343. The molecule has 0 saturated heterocycles. The van der Waals surface area contributed by atoms with E-state index in [-0.39, 0.29) is 0 Å². The summed E-state index contributed by atoms with van der Waals surface area (Å²) >= 11 is 0. The summed E-state index contributed by atoms with van der Waals surface area (Å²) in [4.78, 5) is 4.01. The molecular weight excluding hydrogens is 190 g/mol. The van der Waals surface area contributed by atoms with Crippen molar-refractivity contribution in [2.24, 2.45) is 5.92 Å². The SMILES string of the molecule is N#Cc1ccnc(OCCC2CC2)c1N. The molecule has 1 aromatic rings. The van der Waals surface area contributed by atoms with Crippen molar-refractivity contribution in [1.29, 1.82) is 5.26 Å². The Labute approximate surface area is 88.7 Å². The van der Waals surface area contributed by atoms with Gasteiger partial charge in [-0.1, -0.05) is 12.8 Å². The Morgan fingerprint density at radius 2 is 2.40 bits per heavy atom. The van der Waals surface area contributed by atoms with E-state index in [1.165, 1.54) is 12.8 Å². The number of hydrogen-bond acceptors (Lipinski definition) is 4. The molecule has 1 aliphatic rings. The van der Waals surface area contributed by atoms with Gasteiger partial charge in [0, 0.05) is 6.20 Å². The Morgan fingerprint density at radius 3 is 3.07 bits per heavy atom. The van der Waals surface area contributed by atoms with E-state index in [1.807, 2.05) is 6.07 Å². The molecular formula is C11H13N3O. The van der Waals surface area contributed by atoms with E-state index in [1.54, 1.807) is 12.3 Å². The van der Waals surface area contributed by atoms with Gasteiger partial charge in [-0.05, 0) is 18.4 Å². The van der Waals surface area contributed by atoms with Gasteiger partial charge in [0.2, 0.25) is 5.88 Å². The number of nitrogens with zero attached hydrogens (tertiary/aromatic N) is 2. The topological polar surface area (TPSA) is 71.9 Å². The molecule has 0 bridgehead atoms. The van der Waals surface area contributed by atoms with Gasteiger partial charge >= 0.3 is 0 Å².